The molecule has 3 heterocycles. The van der Waals surface area contributed by atoms with E-state index >= 15 is 0 Å². The van der Waals surface area contributed by atoms with Gasteiger partial charge in [0.25, 0.3) is 0 Å². The maximum absolute atomic E-state index is 6.83. The normalized spacial score (nSPS) is 14.9. The van der Waals surface area contributed by atoms with Crippen molar-refractivity contribution in [2.45, 2.75) is 51.4 Å². The lowest BCUT2D eigenvalue weighted by Crippen LogP contribution is -2.33. The van der Waals surface area contributed by atoms with E-state index in [9.17, 15) is 0 Å². The molecule has 270 valence electrons. The van der Waals surface area contributed by atoms with Gasteiger partial charge in [0, 0.05) is 43.8 Å². The van der Waals surface area contributed by atoms with Crippen molar-refractivity contribution in [3.63, 3.8) is 0 Å². The van der Waals surface area contributed by atoms with Gasteiger partial charge in [-0.2, -0.15) is 0 Å². The number of furan rings is 2. The summed E-state index contributed by atoms with van der Waals surface area (Å²) in [5, 5.41) is 6.31. The molecule has 0 aliphatic heterocycles. The molecule has 1 aliphatic carbocycles. The zero-order valence-electron chi connectivity index (χ0n) is 31.9. The molecule has 7 aromatic carbocycles. The van der Waals surface area contributed by atoms with Crippen LogP contribution in [0.5, 0.6) is 0 Å². The third kappa shape index (κ3) is 5.04. The van der Waals surface area contributed by atoms with Crippen LogP contribution >= 0.6 is 0 Å². The first-order valence-electron chi connectivity index (χ1n) is 19.5. The molecule has 0 bridgehead atoms. The molecule has 0 amide bonds. The summed E-state index contributed by atoms with van der Waals surface area (Å²) >= 11 is 0. The highest BCUT2D eigenvalue weighted by Gasteiger charge is 2.37. The third-order valence-corrected chi connectivity index (χ3v) is 12.2. The number of hydrogen-bond acceptors (Lipinski definition) is 5. The van der Waals surface area contributed by atoms with E-state index in [0.717, 1.165) is 83.3 Å². The Bertz CT molecular complexity index is 3220. The summed E-state index contributed by atoms with van der Waals surface area (Å²) in [6.45, 7) is 9.50. The minimum Gasteiger partial charge on any atom is -0.456 e. The number of benzene rings is 7. The summed E-state index contributed by atoms with van der Waals surface area (Å²) in [4.78, 5) is 15.7. The van der Waals surface area contributed by atoms with Crippen LogP contribution in [0.25, 0.3) is 99.9 Å². The molecule has 5 heteroatoms. The van der Waals surface area contributed by atoms with Gasteiger partial charge in [0.1, 0.15) is 22.3 Å². The lowest BCUT2D eigenvalue weighted by molar-refractivity contribution is 0.332. The van der Waals surface area contributed by atoms with Crippen molar-refractivity contribution < 1.29 is 8.83 Å². The molecule has 0 saturated carbocycles. The highest BCUT2D eigenvalue weighted by atomic mass is 16.3. The molecular formula is C51H39N3O2. The molecule has 3 aromatic heterocycles. The minimum atomic E-state index is 0.0992. The maximum Gasteiger partial charge on any atom is 0.164 e. The van der Waals surface area contributed by atoms with Crippen molar-refractivity contribution in [3.8, 4) is 45.3 Å². The number of rotatable bonds is 4. The Kier molecular flexibility index (Phi) is 7.00. The zero-order valence-corrected chi connectivity index (χ0v) is 31.9. The smallest absolute Gasteiger partial charge is 0.164 e. The number of aromatic nitrogens is 3. The molecule has 0 spiro atoms. The number of nitrogens with zero attached hydrogens (tertiary/aromatic N) is 3. The Morgan fingerprint density at radius 3 is 1.79 bits per heavy atom. The van der Waals surface area contributed by atoms with Crippen molar-refractivity contribution in [1.82, 2.24) is 15.0 Å². The summed E-state index contributed by atoms with van der Waals surface area (Å²) in [7, 11) is 0. The number of hydrogen-bond donors (Lipinski definition) is 0. The second-order valence-corrected chi connectivity index (χ2v) is 16.6. The second-order valence-electron chi connectivity index (χ2n) is 16.6. The van der Waals surface area contributed by atoms with E-state index in [1.54, 1.807) is 0 Å². The molecule has 0 fully saturated rings. The number of fused-ring (bicyclic) bond motifs is 8. The Hall–Kier alpha value is -6.59. The van der Waals surface area contributed by atoms with Gasteiger partial charge in [-0.15, -0.1) is 0 Å². The van der Waals surface area contributed by atoms with Crippen LogP contribution in [0.15, 0.2) is 148 Å². The van der Waals surface area contributed by atoms with Gasteiger partial charge in [-0.25, -0.2) is 15.0 Å². The molecule has 11 rings (SSSR count). The van der Waals surface area contributed by atoms with E-state index in [1.165, 1.54) is 23.1 Å². The largest absolute Gasteiger partial charge is 0.456 e. The summed E-state index contributed by atoms with van der Waals surface area (Å²) in [5.41, 5.74) is 11.4. The van der Waals surface area contributed by atoms with Gasteiger partial charge in [0.2, 0.25) is 0 Å². The third-order valence-electron chi connectivity index (χ3n) is 12.2. The van der Waals surface area contributed by atoms with Crippen LogP contribution in [0.4, 0.5) is 0 Å². The first-order valence-corrected chi connectivity index (χ1v) is 19.5. The van der Waals surface area contributed by atoms with E-state index in [4.69, 9.17) is 23.8 Å². The van der Waals surface area contributed by atoms with Gasteiger partial charge in [-0.1, -0.05) is 143 Å². The van der Waals surface area contributed by atoms with Gasteiger partial charge < -0.3 is 8.83 Å². The highest BCUT2D eigenvalue weighted by molar-refractivity contribution is 6.15. The Labute approximate surface area is 324 Å². The molecule has 10 aromatic rings. The Balaban J connectivity index is 1.14. The minimum absolute atomic E-state index is 0.0992. The molecule has 5 nitrogen and oxygen atoms in total. The van der Waals surface area contributed by atoms with E-state index in [-0.39, 0.29) is 10.8 Å². The molecular weight excluding hydrogens is 687 g/mol. The summed E-state index contributed by atoms with van der Waals surface area (Å²) < 4.78 is 13.1. The molecule has 0 atom stereocenters. The Morgan fingerprint density at radius 1 is 0.429 bits per heavy atom. The second kappa shape index (κ2) is 12.0. The van der Waals surface area contributed by atoms with Gasteiger partial charge in [0.15, 0.2) is 17.5 Å². The van der Waals surface area contributed by atoms with E-state index < -0.39 is 0 Å². The van der Waals surface area contributed by atoms with E-state index in [1.807, 2.05) is 42.5 Å². The summed E-state index contributed by atoms with van der Waals surface area (Å²) in [6, 6.07) is 48.7. The lowest BCUT2D eigenvalue weighted by Gasteiger charge is -2.42. The van der Waals surface area contributed by atoms with Crippen molar-refractivity contribution >= 4 is 54.6 Å². The molecule has 0 unspecified atom stereocenters. The quantitative estimate of drug-likeness (QED) is 0.181. The Morgan fingerprint density at radius 2 is 1.00 bits per heavy atom. The van der Waals surface area contributed by atoms with E-state index in [0.29, 0.717) is 17.5 Å². The fraction of sp³-hybridized carbons (Fsp3) is 0.157. The van der Waals surface area contributed by atoms with Gasteiger partial charge in [0.05, 0.1) is 0 Å². The van der Waals surface area contributed by atoms with Crippen molar-refractivity contribution in [1.29, 1.82) is 0 Å². The van der Waals surface area contributed by atoms with Gasteiger partial charge in [-0.05, 0) is 75.4 Å². The van der Waals surface area contributed by atoms with Crippen LogP contribution in [-0.4, -0.2) is 15.0 Å². The van der Waals surface area contributed by atoms with Crippen molar-refractivity contribution in [2.24, 2.45) is 0 Å². The van der Waals surface area contributed by atoms with Crippen molar-refractivity contribution in [2.75, 3.05) is 0 Å². The van der Waals surface area contributed by atoms with E-state index in [2.05, 4.69) is 125 Å². The van der Waals surface area contributed by atoms with Gasteiger partial charge in [-0.3, -0.25) is 0 Å². The topological polar surface area (TPSA) is 65.0 Å². The molecule has 0 saturated heterocycles. The molecule has 0 N–H and O–H groups in total. The lowest BCUT2D eigenvalue weighted by atomic mass is 9.63. The summed E-state index contributed by atoms with van der Waals surface area (Å²) in [6.07, 6.45) is 2.35. The van der Waals surface area contributed by atoms with Crippen LogP contribution in [0, 0.1) is 0 Å². The van der Waals surface area contributed by atoms with Crippen LogP contribution < -0.4 is 0 Å². The first kappa shape index (κ1) is 32.8. The van der Waals surface area contributed by atoms with Gasteiger partial charge >= 0.3 is 0 Å². The fourth-order valence-electron chi connectivity index (χ4n) is 9.05. The summed E-state index contributed by atoms with van der Waals surface area (Å²) in [5.74, 6) is 1.77. The van der Waals surface area contributed by atoms with Crippen LogP contribution in [0.2, 0.25) is 0 Å². The maximum atomic E-state index is 6.83. The molecule has 0 radical (unpaired) electrons. The van der Waals surface area contributed by atoms with Crippen molar-refractivity contribution in [3.05, 3.63) is 151 Å². The van der Waals surface area contributed by atoms with Crippen LogP contribution in [0.3, 0.4) is 0 Å². The van der Waals surface area contributed by atoms with Crippen LogP contribution in [-0.2, 0) is 10.8 Å². The van der Waals surface area contributed by atoms with Crippen LogP contribution in [0.1, 0.15) is 51.7 Å². The standard InChI is InChI=1S/C51H39N3O2/c1-50(2)26-27-51(3,4)40-29-32(24-25-39(40)50)34-15-9-16-36-45-38(18-11-21-43(45)56-46(34)36)49-53-47(33-23-22-30-12-5-6-13-31(30)28-33)52-48(54-49)37-17-10-20-42-44(37)35-14-7-8-19-41(35)55-42/h5-25,28-29H,26-27H2,1-4H3. The fourth-order valence-corrected chi connectivity index (χ4v) is 9.05. The average Bonchev–Trinajstić information content (AvgIpc) is 3.81. The SMILES string of the molecule is CC1(C)CCC(C)(C)c2cc(-c3cccc4c3oc3cccc(-c5nc(-c6ccc7ccccc7c6)nc(-c6cccc7oc8ccccc8c67)n5)c34)ccc21. The monoisotopic (exact) mass is 725 g/mol. The average molecular weight is 726 g/mol. The first-order chi connectivity index (χ1) is 27.2. The molecule has 56 heavy (non-hydrogen) atoms. The highest BCUT2D eigenvalue weighted by Crippen LogP contribution is 2.48. The zero-order chi connectivity index (χ0) is 37.8. The number of para-hydroxylation sites is 2. The predicted octanol–water partition coefficient (Wildman–Crippen LogP) is 13.8. The predicted molar refractivity (Wildman–Crippen MR) is 229 cm³/mol. The molecule has 1 aliphatic rings.